The second-order valence-corrected chi connectivity index (χ2v) is 4.92. The lowest BCUT2D eigenvalue weighted by Crippen LogP contribution is -1.99. The molecule has 17 heavy (non-hydrogen) atoms. The summed E-state index contributed by atoms with van der Waals surface area (Å²) in [5.74, 6) is -0.281. The second kappa shape index (κ2) is 5.19. The van der Waals surface area contributed by atoms with Gasteiger partial charge in [0.2, 0.25) is 0 Å². The number of ether oxygens (including phenoxy) is 1. The smallest absolute Gasteiger partial charge is 0.178 e. The van der Waals surface area contributed by atoms with Crippen LogP contribution >= 0.6 is 11.3 Å². The zero-order valence-corrected chi connectivity index (χ0v) is 10.4. The summed E-state index contributed by atoms with van der Waals surface area (Å²) in [7, 11) is 0. The molecule has 0 unspecified atom stereocenters. The maximum absolute atomic E-state index is 13.4. The second-order valence-electron chi connectivity index (χ2n) is 3.67. The zero-order valence-electron chi connectivity index (χ0n) is 9.57. The van der Waals surface area contributed by atoms with Gasteiger partial charge < -0.3 is 10.5 Å². The molecule has 4 heteroatoms. The van der Waals surface area contributed by atoms with E-state index in [9.17, 15) is 4.39 Å². The molecule has 1 heterocycles. The van der Waals surface area contributed by atoms with E-state index in [0.29, 0.717) is 12.3 Å². The van der Waals surface area contributed by atoms with E-state index in [1.54, 1.807) is 23.5 Å². The van der Waals surface area contributed by atoms with Crippen molar-refractivity contribution >= 4 is 17.0 Å². The van der Waals surface area contributed by atoms with E-state index in [1.165, 1.54) is 10.9 Å². The summed E-state index contributed by atoms with van der Waals surface area (Å²) in [6.45, 7) is 2.46. The lowest BCUT2D eigenvalue weighted by atomic mass is 10.3. The fraction of sp³-hybridized carbons (Fsp3) is 0.231. The number of thiophene rings is 1. The molecule has 2 N–H and O–H groups in total. The van der Waals surface area contributed by atoms with Gasteiger partial charge in [-0.2, -0.15) is 0 Å². The van der Waals surface area contributed by atoms with Gasteiger partial charge in [0.05, 0.1) is 5.69 Å². The number of nitrogen functional groups attached to an aromatic ring is 1. The average Bonchev–Trinajstić information content (AvgIpc) is 2.76. The van der Waals surface area contributed by atoms with E-state index in [0.717, 1.165) is 11.3 Å². The standard InChI is InChI=1S/C13H14FNOS/c1-2-9-6-7-10(17-9)8-16-13-11(14)4-3-5-12(13)15/h3-7H,2,8,15H2,1H3. The Bertz CT molecular complexity index is 490. The van der Waals surface area contributed by atoms with Gasteiger partial charge in [0.1, 0.15) is 6.61 Å². The summed E-state index contributed by atoms with van der Waals surface area (Å²) in [5.41, 5.74) is 5.99. The van der Waals surface area contributed by atoms with E-state index in [-0.39, 0.29) is 5.75 Å². The third-order valence-corrected chi connectivity index (χ3v) is 3.63. The molecule has 2 rings (SSSR count). The minimum absolute atomic E-state index is 0.138. The number of rotatable bonds is 4. The van der Waals surface area contributed by atoms with Crippen LogP contribution in [0.2, 0.25) is 0 Å². The summed E-state index contributed by atoms with van der Waals surface area (Å²) in [5, 5.41) is 0. The number of halogens is 1. The number of aryl methyl sites for hydroxylation is 1. The van der Waals surface area contributed by atoms with Gasteiger partial charge in [0, 0.05) is 9.75 Å². The fourth-order valence-electron chi connectivity index (χ4n) is 1.51. The van der Waals surface area contributed by atoms with Crippen LogP contribution in [0.5, 0.6) is 5.75 Å². The highest BCUT2D eigenvalue weighted by molar-refractivity contribution is 7.11. The van der Waals surface area contributed by atoms with Gasteiger partial charge in [-0.1, -0.05) is 13.0 Å². The summed E-state index contributed by atoms with van der Waals surface area (Å²) in [4.78, 5) is 2.37. The Hall–Kier alpha value is -1.55. The number of hydrogen-bond acceptors (Lipinski definition) is 3. The Labute approximate surface area is 104 Å². The third-order valence-electron chi connectivity index (χ3n) is 2.42. The molecule has 0 spiro atoms. The largest absolute Gasteiger partial charge is 0.483 e. The van der Waals surface area contributed by atoms with Crippen molar-refractivity contribution in [1.82, 2.24) is 0 Å². The van der Waals surface area contributed by atoms with Crippen molar-refractivity contribution in [3.05, 3.63) is 45.9 Å². The van der Waals surface area contributed by atoms with Gasteiger partial charge in [-0.3, -0.25) is 0 Å². The van der Waals surface area contributed by atoms with Crippen LogP contribution in [0.1, 0.15) is 16.7 Å². The highest BCUT2D eigenvalue weighted by Gasteiger charge is 2.08. The van der Waals surface area contributed by atoms with Crippen LogP contribution in [0, 0.1) is 5.82 Å². The van der Waals surface area contributed by atoms with Gasteiger partial charge in [0.15, 0.2) is 11.6 Å². The molecule has 0 fully saturated rings. The molecule has 0 aliphatic carbocycles. The zero-order chi connectivity index (χ0) is 12.3. The third kappa shape index (κ3) is 2.77. The molecule has 0 bridgehead atoms. The van der Waals surface area contributed by atoms with Crippen molar-refractivity contribution in [1.29, 1.82) is 0 Å². The lowest BCUT2D eigenvalue weighted by molar-refractivity contribution is 0.295. The van der Waals surface area contributed by atoms with E-state index in [1.807, 2.05) is 6.07 Å². The molecule has 0 atom stereocenters. The molecule has 0 aliphatic rings. The quantitative estimate of drug-likeness (QED) is 0.842. The number of hydrogen-bond donors (Lipinski definition) is 1. The number of nitrogens with two attached hydrogens (primary N) is 1. The van der Waals surface area contributed by atoms with Crippen LogP contribution in [-0.2, 0) is 13.0 Å². The Balaban J connectivity index is 2.07. The first-order chi connectivity index (χ1) is 8.20. The first-order valence-corrected chi connectivity index (χ1v) is 6.26. The normalized spacial score (nSPS) is 10.5. The minimum atomic E-state index is -0.419. The van der Waals surface area contributed by atoms with Gasteiger partial charge in [-0.15, -0.1) is 11.3 Å². The van der Waals surface area contributed by atoms with E-state index >= 15 is 0 Å². The molecule has 0 saturated carbocycles. The molecule has 90 valence electrons. The molecule has 1 aromatic heterocycles. The molecular weight excluding hydrogens is 237 g/mol. The van der Waals surface area contributed by atoms with Crippen molar-refractivity contribution in [2.24, 2.45) is 0 Å². The van der Waals surface area contributed by atoms with Crippen molar-refractivity contribution in [2.75, 3.05) is 5.73 Å². The van der Waals surface area contributed by atoms with Crippen molar-refractivity contribution in [2.45, 2.75) is 20.0 Å². The minimum Gasteiger partial charge on any atom is -0.483 e. The SMILES string of the molecule is CCc1ccc(COc2c(N)cccc2F)s1. The molecule has 0 saturated heterocycles. The highest BCUT2D eigenvalue weighted by Crippen LogP contribution is 2.26. The van der Waals surface area contributed by atoms with Gasteiger partial charge in [0.25, 0.3) is 0 Å². The predicted octanol–water partition coefficient (Wildman–Crippen LogP) is 3.61. The molecule has 1 aromatic carbocycles. The summed E-state index contributed by atoms with van der Waals surface area (Å²) in [6, 6.07) is 8.61. The van der Waals surface area contributed by atoms with Crippen molar-refractivity contribution in [3.63, 3.8) is 0 Å². The number of anilines is 1. The highest BCUT2D eigenvalue weighted by atomic mass is 32.1. The van der Waals surface area contributed by atoms with Crippen LogP contribution < -0.4 is 10.5 Å². The Morgan fingerprint density at radius 2 is 2.00 bits per heavy atom. The maximum atomic E-state index is 13.4. The Morgan fingerprint density at radius 3 is 2.65 bits per heavy atom. The number of benzene rings is 1. The summed E-state index contributed by atoms with van der Waals surface area (Å²) < 4.78 is 18.8. The summed E-state index contributed by atoms with van der Waals surface area (Å²) in [6.07, 6.45) is 1.01. The lowest BCUT2D eigenvalue weighted by Gasteiger charge is -2.08. The molecule has 0 amide bonds. The first-order valence-electron chi connectivity index (χ1n) is 5.45. The Morgan fingerprint density at radius 1 is 1.24 bits per heavy atom. The van der Waals surface area contributed by atoms with Crippen LogP contribution in [0.3, 0.4) is 0 Å². The van der Waals surface area contributed by atoms with Crippen LogP contribution in [0.15, 0.2) is 30.3 Å². The van der Waals surface area contributed by atoms with Gasteiger partial charge in [-0.05, 0) is 30.7 Å². The van der Waals surface area contributed by atoms with Crippen LogP contribution in [-0.4, -0.2) is 0 Å². The van der Waals surface area contributed by atoms with Crippen LogP contribution in [0.4, 0.5) is 10.1 Å². The molecular formula is C13H14FNOS. The van der Waals surface area contributed by atoms with Gasteiger partial charge >= 0.3 is 0 Å². The topological polar surface area (TPSA) is 35.2 Å². The molecule has 0 aliphatic heterocycles. The van der Waals surface area contributed by atoms with E-state index in [4.69, 9.17) is 10.5 Å². The summed E-state index contributed by atoms with van der Waals surface area (Å²) >= 11 is 1.68. The fourth-order valence-corrected chi connectivity index (χ4v) is 2.38. The van der Waals surface area contributed by atoms with E-state index in [2.05, 4.69) is 13.0 Å². The molecule has 0 radical (unpaired) electrons. The molecule has 2 aromatic rings. The van der Waals surface area contributed by atoms with Crippen molar-refractivity contribution < 1.29 is 9.13 Å². The van der Waals surface area contributed by atoms with Crippen LogP contribution in [0.25, 0.3) is 0 Å². The average molecular weight is 251 g/mol. The maximum Gasteiger partial charge on any atom is 0.178 e. The molecule has 2 nitrogen and oxygen atoms in total. The Kier molecular flexibility index (Phi) is 3.64. The predicted molar refractivity (Wildman–Crippen MR) is 68.8 cm³/mol. The van der Waals surface area contributed by atoms with Gasteiger partial charge in [-0.25, -0.2) is 4.39 Å². The monoisotopic (exact) mass is 251 g/mol. The first kappa shape index (κ1) is 11.9. The van der Waals surface area contributed by atoms with Crippen molar-refractivity contribution in [3.8, 4) is 5.75 Å². The number of para-hydroxylation sites is 1. The van der Waals surface area contributed by atoms with E-state index < -0.39 is 5.82 Å².